The van der Waals surface area contributed by atoms with Crippen molar-refractivity contribution in [3.8, 4) is 5.75 Å². The van der Waals surface area contributed by atoms with E-state index in [-0.39, 0.29) is 11.7 Å². The number of hydrogen-bond donors (Lipinski definition) is 2. The van der Waals surface area contributed by atoms with E-state index in [1.807, 2.05) is 6.92 Å². The number of ether oxygens (including phenoxy) is 1. The van der Waals surface area contributed by atoms with E-state index in [1.54, 1.807) is 0 Å². The first-order valence-electron chi connectivity index (χ1n) is 6.09. The van der Waals surface area contributed by atoms with Crippen molar-refractivity contribution in [2.24, 2.45) is 5.73 Å². The summed E-state index contributed by atoms with van der Waals surface area (Å²) < 4.78 is 18.5. The summed E-state index contributed by atoms with van der Waals surface area (Å²) in [7, 11) is 0. The molecule has 5 heteroatoms. The van der Waals surface area contributed by atoms with Gasteiger partial charge in [-0.2, -0.15) is 0 Å². The number of nitrogens with two attached hydrogens (primary N) is 1. The smallest absolute Gasteiger partial charge is 0.224 e. The summed E-state index contributed by atoms with van der Waals surface area (Å²) in [5.41, 5.74) is 5.82. The molecule has 0 spiro atoms. The summed E-state index contributed by atoms with van der Waals surface area (Å²) in [5.74, 6) is -0.174. The number of halogens is 1. The van der Waals surface area contributed by atoms with Crippen molar-refractivity contribution in [2.75, 3.05) is 18.5 Å². The van der Waals surface area contributed by atoms with Crippen LogP contribution in [0.2, 0.25) is 0 Å². The molecule has 0 aliphatic carbocycles. The van der Waals surface area contributed by atoms with E-state index in [1.165, 1.54) is 18.2 Å². The summed E-state index contributed by atoms with van der Waals surface area (Å²) >= 11 is 0. The Balaban J connectivity index is 2.70. The first-order chi connectivity index (χ1) is 8.67. The van der Waals surface area contributed by atoms with Crippen LogP contribution >= 0.6 is 0 Å². The molecule has 0 atom stereocenters. The molecule has 0 fully saturated rings. The van der Waals surface area contributed by atoms with Gasteiger partial charge in [-0.3, -0.25) is 4.79 Å². The average molecular weight is 254 g/mol. The number of amides is 1. The molecule has 0 saturated heterocycles. The summed E-state index contributed by atoms with van der Waals surface area (Å²) in [5, 5.41) is 2.70. The molecule has 1 amide bonds. The van der Waals surface area contributed by atoms with Crippen LogP contribution in [0.5, 0.6) is 5.75 Å². The first-order valence-corrected chi connectivity index (χ1v) is 6.09. The third-order valence-corrected chi connectivity index (χ3v) is 2.29. The summed E-state index contributed by atoms with van der Waals surface area (Å²) in [6, 6.07) is 4.06. The van der Waals surface area contributed by atoms with Gasteiger partial charge in [0, 0.05) is 12.5 Å². The zero-order valence-corrected chi connectivity index (χ0v) is 10.5. The number of hydrogen-bond acceptors (Lipinski definition) is 3. The Hall–Kier alpha value is -1.62. The van der Waals surface area contributed by atoms with Gasteiger partial charge in [-0.15, -0.1) is 0 Å². The molecule has 0 unspecified atom stereocenters. The monoisotopic (exact) mass is 254 g/mol. The zero-order valence-electron chi connectivity index (χ0n) is 10.5. The van der Waals surface area contributed by atoms with Gasteiger partial charge in [-0.25, -0.2) is 4.39 Å². The lowest BCUT2D eigenvalue weighted by molar-refractivity contribution is -0.116. The molecule has 4 nitrogen and oxygen atoms in total. The van der Waals surface area contributed by atoms with Crippen molar-refractivity contribution < 1.29 is 13.9 Å². The van der Waals surface area contributed by atoms with Crippen LogP contribution in [-0.4, -0.2) is 19.1 Å². The number of carbonyl (C=O) groups excluding carboxylic acids is 1. The molecule has 1 aromatic carbocycles. The van der Waals surface area contributed by atoms with Crippen LogP contribution in [-0.2, 0) is 4.79 Å². The van der Waals surface area contributed by atoms with Gasteiger partial charge in [0.2, 0.25) is 5.91 Å². The van der Waals surface area contributed by atoms with E-state index in [0.717, 1.165) is 6.42 Å². The normalized spacial score (nSPS) is 10.2. The van der Waals surface area contributed by atoms with Crippen molar-refractivity contribution in [3.63, 3.8) is 0 Å². The highest BCUT2D eigenvalue weighted by Gasteiger charge is 2.08. The van der Waals surface area contributed by atoms with Gasteiger partial charge in [0.25, 0.3) is 0 Å². The number of carbonyl (C=O) groups is 1. The average Bonchev–Trinajstić information content (AvgIpc) is 2.36. The van der Waals surface area contributed by atoms with Crippen molar-refractivity contribution in [2.45, 2.75) is 26.2 Å². The predicted octanol–water partition coefficient (Wildman–Crippen LogP) is 2.29. The van der Waals surface area contributed by atoms with E-state index in [9.17, 15) is 9.18 Å². The minimum Gasteiger partial charge on any atom is -0.491 e. The number of rotatable bonds is 7. The highest BCUT2D eigenvalue weighted by Crippen LogP contribution is 2.25. The number of benzene rings is 1. The standard InChI is InChI=1S/C13H19FN2O2/c1-2-8-18-12-9-10(14)5-6-11(12)16-13(17)4-3-7-15/h5-6,9H,2-4,7-8,15H2,1H3,(H,16,17). The molecule has 1 aromatic rings. The molecule has 0 aromatic heterocycles. The Morgan fingerprint density at radius 1 is 1.50 bits per heavy atom. The van der Waals surface area contributed by atoms with E-state index in [4.69, 9.17) is 10.5 Å². The van der Waals surface area contributed by atoms with Gasteiger partial charge in [0.1, 0.15) is 11.6 Å². The summed E-state index contributed by atoms with van der Waals surface area (Å²) in [6.45, 7) is 2.91. The second kappa shape index (κ2) is 7.66. The molecule has 0 heterocycles. The Bertz CT molecular complexity index is 397. The van der Waals surface area contributed by atoms with Gasteiger partial charge in [-0.1, -0.05) is 6.92 Å². The molecule has 3 N–H and O–H groups in total. The minimum atomic E-state index is -0.388. The molecular weight excluding hydrogens is 235 g/mol. The van der Waals surface area contributed by atoms with Crippen molar-refractivity contribution in [3.05, 3.63) is 24.0 Å². The lowest BCUT2D eigenvalue weighted by atomic mass is 10.2. The molecular formula is C13H19FN2O2. The quantitative estimate of drug-likeness (QED) is 0.784. The van der Waals surface area contributed by atoms with Crippen LogP contribution in [0.3, 0.4) is 0 Å². The zero-order chi connectivity index (χ0) is 13.4. The molecule has 0 bridgehead atoms. The van der Waals surface area contributed by atoms with E-state index in [2.05, 4.69) is 5.32 Å². The highest BCUT2D eigenvalue weighted by molar-refractivity contribution is 5.92. The molecule has 1 rings (SSSR count). The molecule has 0 aliphatic heterocycles. The second-order valence-electron chi connectivity index (χ2n) is 3.93. The van der Waals surface area contributed by atoms with Gasteiger partial charge in [0.15, 0.2) is 0 Å². The number of anilines is 1. The Labute approximate surface area is 106 Å². The molecule has 18 heavy (non-hydrogen) atoms. The van der Waals surface area contributed by atoms with Crippen LogP contribution in [0.4, 0.5) is 10.1 Å². The van der Waals surface area contributed by atoms with Crippen LogP contribution < -0.4 is 15.8 Å². The van der Waals surface area contributed by atoms with Crippen molar-refractivity contribution >= 4 is 11.6 Å². The topological polar surface area (TPSA) is 64.3 Å². The third-order valence-electron chi connectivity index (χ3n) is 2.29. The van der Waals surface area contributed by atoms with E-state index < -0.39 is 0 Å². The highest BCUT2D eigenvalue weighted by atomic mass is 19.1. The maximum absolute atomic E-state index is 13.1. The second-order valence-corrected chi connectivity index (χ2v) is 3.93. The van der Waals surface area contributed by atoms with E-state index in [0.29, 0.717) is 37.4 Å². The fourth-order valence-corrected chi connectivity index (χ4v) is 1.41. The van der Waals surface area contributed by atoms with Crippen LogP contribution in [0.15, 0.2) is 18.2 Å². The molecule has 0 radical (unpaired) electrons. The Kier molecular flexibility index (Phi) is 6.14. The van der Waals surface area contributed by atoms with Gasteiger partial charge >= 0.3 is 0 Å². The molecule has 0 aliphatic rings. The number of nitrogens with one attached hydrogen (secondary N) is 1. The minimum absolute atomic E-state index is 0.145. The lowest BCUT2D eigenvalue weighted by Gasteiger charge is -2.12. The van der Waals surface area contributed by atoms with Crippen molar-refractivity contribution in [1.29, 1.82) is 0 Å². The molecule has 100 valence electrons. The van der Waals surface area contributed by atoms with Gasteiger partial charge in [0.05, 0.1) is 12.3 Å². The maximum Gasteiger partial charge on any atom is 0.224 e. The third kappa shape index (κ3) is 4.71. The summed E-state index contributed by atoms with van der Waals surface area (Å²) in [6.07, 6.45) is 1.79. The van der Waals surface area contributed by atoms with Crippen molar-refractivity contribution in [1.82, 2.24) is 0 Å². The largest absolute Gasteiger partial charge is 0.491 e. The maximum atomic E-state index is 13.1. The predicted molar refractivity (Wildman–Crippen MR) is 69.1 cm³/mol. The fraction of sp³-hybridized carbons (Fsp3) is 0.462. The van der Waals surface area contributed by atoms with E-state index >= 15 is 0 Å². The van der Waals surface area contributed by atoms with Gasteiger partial charge in [-0.05, 0) is 31.5 Å². The Morgan fingerprint density at radius 2 is 2.28 bits per heavy atom. The fourth-order valence-electron chi connectivity index (χ4n) is 1.41. The lowest BCUT2D eigenvalue weighted by Crippen LogP contribution is -2.14. The van der Waals surface area contributed by atoms with Crippen LogP contribution in [0, 0.1) is 5.82 Å². The van der Waals surface area contributed by atoms with Crippen LogP contribution in [0.25, 0.3) is 0 Å². The molecule has 0 saturated carbocycles. The van der Waals surface area contributed by atoms with Crippen LogP contribution in [0.1, 0.15) is 26.2 Å². The Morgan fingerprint density at radius 3 is 2.94 bits per heavy atom. The SMILES string of the molecule is CCCOc1cc(F)ccc1NC(=O)CCCN. The first kappa shape index (κ1) is 14.4. The summed E-state index contributed by atoms with van der Waals surface area (Å²) in [4.78, 5) is 11.6. The van der Waals surface area contributed by atoms with Gasteiger partial charge < -0.3 is 15.8 Å².